The first kappa shape index (κ1) is 57.0. The van der Waals surface area contributed by atoms with Gasteiger partial charge in [-0.3, -0.25) is 0 Å². The Morgan fingerprint density at radius 3 is 0.475 bits per heavy atom. The molecule has 0 saturated carbocycles. The van der Waals surface area contributed by atoms with Gasteiger partial charge >= 0.3 is 0 Å². The average molecular weight is 823 g/mol. The minimum absolute atomic E-state index is 0.322. The van der Waals surface area contributed by atoms with Gasteiger partial charge in [0.2, 0.25) is 0 Å². The minimum Gasteiger partial charge on any atom is -0.508 e. The maximum atomic E-state index is 8.63. The Morgan fingerprint density at radius 1 is 0.230 bits per heavy atom. The first-order valence-corrected chi connectivity index (χ1v) is 22.4. The van der Waals surface area contributed by atoms with E-state index in [1.54, 1.807) is 72.8 Å². The van der Waals surface area contributed by atoms with Gasteiger partial charge in [-0.25, -0.2) is 0 Å². The van der Waals surface area contributed by atoms with Crippen LogP contribution in [0.1, 0.15) is 105 Å². The molecule has 0 bridgehead atoms. The van der Waals surface area contributed by atoms with Crippen molar-refractivity contribution < 1.29 is 15.3 Å². The van der Waals surface area contributed by atoms with E-state index in [-0.39, 0.29) is 0 Å². The molecular weight excluding hydrogens is 745 g/mol. The van der Waals surface area contributed by atoms with E-state index in [0.717, 1.165) is 25.7 Å². The van der Waals surface area contributed by atoms with E-state index in [9.17, 15) is 0 Å². The van der Waals surface area contributed by atoms with Gasteiger partial charge in [0.25, 0.3) is 0 Å². The summed E-state index contributed by atoms with van der Waals surface area (Å²) in [4.78, 5) is 0. The van der Waals surface area contributed by atoms with Crippen molar-refractivity contribution >= 4 is 0 Å². The summed E-state index contributed by atoms with van der Waals surface area (Å²) in [5.41, 5.74) is 10.8. The van der Waals surface area contributed by atoms with Gasteiger partial charge in [-0.1, -0.05) is 235 Å². The van der Waals surface area contributed by atoms with Gasteiger partial charge < -0.3 is 15.3 Å². The zero-order valence-electron chi connectivity index (χ0n) is 39.6. The van der Waals surface area contributed by atoms with E-state index in [0.29, 0.717) is 17.2 Å². The molecule has 0 atom stereocenters. The van der Waals surface area contributed by atoms with E-state index in [1.165, 1.54) is 44.5 Å². The van der Waals surface area contributed by atoms with Crippen molar-refractivity contribution in [2.24, 2.45) is 0 Å². The van der Waals surface area contributed by atoms with Crippen LogP contribution in [-0.2, 0) is 25.7 Å². The Kier molecular flexibility index (Phi) is 36.8. The molecule has 0 aliphatic heterocycles. The van der Waals surface area contributed by atoms with E-state index in [1.807, 2.05) is 73.6 Å². The third kappa shape index (κ3) is 26.6. The number of rotatable bonds is 6. The zero-order chi connectivity index (χ0) is 46.1. The maximum absolute atomic E-state index is 8.63. The lowest BCUT2D eigenvalue weighted by Gasteiger charge is -2.04. The fraction of sp³-hybridized carbons (Fsp3) is 0.276. The van der Waals surface area contributed by atoms with Crippen molar-refractivity contribution in [3.63, 3.8) is 0 Å². The molecule has 7 aromatic carbocycles. The highest BCUT2D eigenvalue weighted by molar-refractivity contribution is 5.64. The molecule has 3 nitrogen and oxygen atoms in total. The highest BCUT2D eigenvalue weighted by Gasteiger charge is 1.99. The SMILES string of the molecule is CC.CC.CC.CC.CCc1ccc(-c2ccc(CC)cc2)cc1.CCc1ccc(-c2ccc(CC)cc2)cc1.Oc1ccccc1.Oc1ccccc1.Oc1ccccc1. The second kappa shape index (κ2) is 39.4. The van der Waals surface area contributed by atoms with Gasteiger partial charge in [0.15, 0.2) is 0 Å². The van der Waals surface area contributed by atoms with E-state index in [4.69, 9.17) is 15.3 Å². The summed E-state index contributed by atoms with van der Waals surface area (Å²) in [6, 6.07) is 61.5. The predicted molar refractivity (Wildman–Crippen MR) is 271 cm³/mol. The van der Waals surface area contributed by atoms with Gasteiger partial charge in [-0.05, 0) is 107 Å². The average Bonchev–Trinajstić information content (AvgIpc) is 3.36. The number of phenolic OH excluding ortho intramolecular Hbond substituents is 3. The van der Waals surface area contributed by atoms with Crippen LogP contribution in [0.2, 0.25) is 0 Å². The number of benzene rings is 7. The van der Waals surface area contributed by atoms with Crippen molar-refractivity contribution in [2.75, 3.05) is 0 Å². The highest BCUT2D eigenvalue weighted by atomic mass is 16.3. The number of para-hydroxylation sites is 3. The third-order valence-electron chi connectivity index (χ3n) is 8.38. The monoisotopic (exact) mass is 823 g/mol. The molecule has 3 N–H and O–H groups in total. The molecule has 0 spiro atoms. The molecule has 0 fully saturated rings. The minimum atomic E-state index is 0.322. The molecule has 0 heterocycles. The van der Waals surface area contributed by atoms with Gasteiger partial charge in [0, 0.05) is 0 Å². The van der Waals surface area contributed by atoms with Crippen molar-refractivity contribution in [1.82, 2.24) is 0 Å². The fourth-order valence-corrected chi connectivity index (χ4v) is 5.02. The first-order valence-electron chi connectivity index (χ1n) is 22.4. The Bertz CT molecular complexity index is 1650. The van der Waals surface area contributed by atoms with Crippen LogP contribution in [0.15, 0.2) is 188 Å². The normalized spacial score (nSPS) is 8.79. The topological polar surface area (TPSA) is 60.7 Å². The van der Waals surface area contributed by atoms with Crippen LogP contribution in [0.5, 0.6) is 17.2 Å². The lowest BCUT2D eigenvalue weighted by Crippen LogP contribution is -1.83. The largest absolute Gasteiger partial charge is 0.508 e. The maximum Gasteiger partial charge on any atom is 0.115 e. The van der Waals surface area contributed by atoms with Crippen molar-refractivity contribution in [2.45, 2.75) is 109 Å². The molecule has 0 aliphatic rings. The molecule has 3 heteroatoms. The molecule has 0 radical (unpaired) electrons. The number of hydrogen-bond acceptors (Lipinski definition) is 3. The summed E-state index contributed by atoms with van der Waals surface area (Å²) in [5.74, 6) is 0.965. The Labute approximate surface area is 372 Å². The molecule has 0 aromatic heterocycles. The molecule has 61 heavy (non-hydrogen) atoms. The molecule has 7 rings (SSSR count). The van der Waals surface area contributed by atoms with E-state index < -0.39 is 0 Å². The molecule has 0 amide bonds. The van der Waals surface area contributed by atoms with E-state index >= 15 is 0 Å². The van der Waals surface area contributed by atoms with Crippen molar-refractivity contribution in [3.05, 3.63) is 210 Å². The van der Waals surface area contributed by atoms with Crippen LogP contribution in [0, 0.1) is 0 Å². The van der Waals surface area contributed by atoms with Crippen LogP contribution in [0.25, 0.3) is 22.3 Å². The van der Waals surface area contributed by atoms with Crippen LogP contribution in [0.4, 0.5) is 0 Å². The number of aryl methyl sites for hydroxylation is 4. The zero-order valence-corrected chi connectivity index (χ0v) is 39.6. The Hall–Kier alpha value is -6.06. The number of phenols is 3. The number of aromatic hydroxyl groups is 3. The van der Waals surface area contributed by atoms with Crippen LogP contribution >= 0.6 is 0 Å². The summed E-state index contributed by atoms with van der Waals surface area (Å²) >= 11 is 0. The van der Waals surface area contributed by atoms with Crippen molar-refractivity contribution in [1.29, 1.82) is 0 Å². The molecule has 328 valence electrons. The summed E-state index contributed by atoms with van der Waals surface area (Å²) < 4.78 is 0. The van der Waals surface area contributed by atoms with Crippen LogP contribution < -0.4 is 0 Å². The molecule has 0 aliphatic carbocycles. The summed E-state index contributed by atoms with van der Waals surface area (Å²) in [6.07, 6.45) is 4.42. The molecular formula is C58H78O3. The van der Waals surface area contributed by atoms with Gasteiger partial charge in [-0.2, -0.15) is 0 Å². The third-order valence-corrected chi connectivity index (χ3v) is 8.38. The molecule has 0 unspecified atom stereocenters. The summed E-state index contributed by atoms with van der Waals surface area (Å²) in [7, 11) is 0. The van der Waals surface area contributed by atoms with Gasteiger partial charge in [-0.15, -0.1) is 0 Å². The lowest BCUT2D eigenvalue weighted by atomic mass is 10.0. The fourth-order valence-electron chi connectivity index (χ4n) is 5.02. The smallest absolute Gasteiger partial charge is 0.115 e. The lowest BCUT2D eigenvalue weighted by molar-refractivity contribution is 0.475. The standard InChI is InChI=1S/2C16H18.3C6H6O.4C2H6/c2*1-3-13-5-9-15(10-6-13)16-11-7-14(4-2)8-12-16;3*7-6-4-2-1-3-5-6;4*1-2/h2*5-12H,3-4H2,1-2H3;3*1-5,7H;4*1-2H3. The van der Waals surface area contributed by atoms with Gasteiger partial charge in [0.1, 0.15) is 17.2 Å². The second-order valence-corrected chi connectivity index (χ2v) is 12.2. The molecule has 0 saturated heterocycles. The summed E-state index contributed by atoms with van der Waals surface area (Å²) in [5, 5.41) is 25.9. The molecule has 7 aromatic rings. The van der Waals surface area contributed by atoms with Crippen LogP contribution in [-0.4, -0.2) is 15.3 Å². The summed E-state index contributed by atoms with van der Waals surface area (Å²) in [6.45, 7) is 24.7. The predicted octanol–water partition coefficient (Wildman–Crippen LogP) is 17.2. The highest BCUT2D eigenvalue weighted by Crippen LogP contribution is 2.22. The van der Waals surface area contributed by atoms with Crippen LogP contribution in [0.3, 0.4) is 0 Å². The van der Waals surface area contributed by atoms with Gasteiger partial charge in [0.05, 0.1) is 0 Å². The van der Waals surface area contributed by atoms with E-state index in [2.05, 4.69) is 125 Å². The number of hydrogen-bond donors (Lipinski definition) is 3. The Balaban J connectivity index is 0. The first-order chi connectivity index (χ1) is 29.8. The Morgan fingerprint density at radius 2 is 0.377 bits per heavy atom. The quantitative estimate of drug-likeness (QED) is 0.157. The van der Waals surface area contributed by atoms with Crippen molar-refractivity contribution in [3.8, 4) is 39.5 Å². The second-order valence-electron chi connectivity index (χ2n) is 12.2.